The summed E-state index contributed by atoms with van der Waals surface area (Å²) in [4.78, 5) is 34.5. The monoisotopic (exact) mass is 344 g/mol. The van der Waals surface area contributed by atoms with Crippen molar-refractivity contribution in [3.05, 3.63) is 71.2 Å². The minimum absolute atomic E-state index is 0.132. The van der Waals surface area contributed by atoms with Crippen LogP contribution >= 0.6 is 0 Å². The van der Waals surface area contributed by atoms with Crippen molar-refractivity contribution < 1.29 is 14.3 Å². The Balaban J connectivity index is 2.09. The lowest BCUT2D eigenvalue weighted by molar-refractivity contribution is 0.0526. The highest BCUT2D eigenvalue weighted by Gasteiger charge is 2.35. The molecule has 0 saturated heterocycles. The van der Waals surface area contributed by atoms with Crippen LogP contribution in [-0.4, -0.2) is 28.3 Å². The van der Waals surface area contributed by atoms with Crippen LogP contribution in [0.2, 0.25) is 0 Å². The first-order chi connectivity index (χ1) is 12.6. The van der Waals surface area contributed by atoms with Crippen molar-refractivity contribution in [2.45, 2.75) is 13.8 Å². The van der Waals surface area contributed by atoms with Crippen LogP contribution in [0.15, 0.2) is 48.8 Å². The second-order valence-corrected chi connectivity index (χ2v) is 6.01. The SMILES string of the molecule is CCOC(=O)c1c(C)nc2c(c1-c1cccnc1)C(=O)c1ccccc1-2. The maximum Gasteiger partial charge on any atom is 0.340 e. The molecule has 0 amide bonds. The number of aromatic nitrogens is 2. The third kappa shape index (κ3) is 2.32. The zero-order chi connectivity index (χ0) is 18.3. The van der Waals surface area contributed by atoms with Gasteiger partial charge in [-0.15, -0.1) is 0 Å². The summed E-state index contributed by atoms with van der Waals surface area (Å²) in [5, 5.41) is 0. The van der Waals surface area contributed by atoms with E-state index in [2.05, 4.69) is 9.97 Å². The lowest BCUT2D eigenvalue weighted by atomic mass is 9.93. The molecule has 5 nitrogen and oxygen atoms in total. The summed E-state index contributed by atoms with van der Waals surface area (Å²) in [6, 6.07) is 11.0. The summed E-state index contributed by atoms with van der Waals surface area (Å²) < 4.78 is 5.23. The van der Waals surface area contributed by atoms with Gasteiger partial charge in [0.1, 0.15) is 0 Å². The number of hydrogen-bond donors (Lipinski definition) is 0. The van der Waals surface area contributed by atoms with Crippen LogP contribution in [-0.2, 0) is 4.74 Å². The second kappa shape index (κ2) is 6.19. The van der Waals surface area contributed by atoms with Gasteiger partial charge < -0.3 is 4.74 Å². The third-order valence-electron chi connectivity index (χ3n) is 4.46. The maximum atomic E-state index is 13.1. The Morgan fingerprint density at radius 3 is 2.54 bits per heavy atom. The molecule has 26 heavy (non-hydrogen) atoms. The predicted molar refractivity (Wildman–Crippen MR) is 97.0 cm³/mol. The Hall–Kier alpha value is -3.34. The third-order valence-corrected chi connectivity index (χ3v) is 4.46. The van der Waals surface area contributed by atoms with E-state index in [1.54, 1.807) is 38.4 Å². The van der Waals surface area contributed by atoms with Crippen LogP contribution in [0.4, 0.5) is 0 Å². The Kier molecular flexibility index (Phi) is 3.84. The molecule has 1 aromatic carbocycles. The largest absolute Gasteiger partial charge is 0.462 e. The van der Waals surface area contributed by atoms with Crippen LogP contribution < -0.4 is 0 Å². The molecule has 128 valence electrons. The fourth-order valence-corrected chi connectivity index (χ4v) is 3.39. The number of ketones is 1. The van der Waals surface area contributed by atoms with E-state index in [1.165, 1.54) is 0 Å². The van der Waals surface area contributed by atoms with Gasteiger partial charge in [0.15, 0.2) is 5.78 Å². The summed E-state index contributed by atoms with van der Waals surface area (Å²) in [5.74, 6) is -0.615. The molecule has 0 unspecified atom stereocenters. The van der Waals surface area contributed by atoms with Crippen molar-refractivity contribution in [1.82, 2.24) is 9.97 Å². The van der Waals surface area contributed by atoms with Crippen molar-refractivity contribution in [3.8, 4) is 22.4 Å². The number of nitrogens with zero attached hydrogens (tertiary/aromatic N) is 2. The molecule has 0 aliphatic heterocycles. The van der Waals surface area contributed by atoms with Crippen molar-refractivity contribution >= 4 is 11.8 Å². The smallest absolute Gasteiger partial charge is 0.340 e. The van der Waals surface area contributed by atoms with Gasteiger partial charge in [0.2, 0.25) is 0 Å². The van der Waals surface area contributed by atoms with E-state index >= 15 is 0 Å². The number of carbonyl (C=O) groups is 2. The van der Waals surface area contributed by atoms with Crippen LogP contribution in [0.25, 0.3) is 22.4 Å². The summed E-state index contributed by atoms with van der Waals surface area (Å²) in [7, 11) is 0. The first-order valence-electron chi connectivity index (χ1n) is 8.39. The predicted octanol–water partition coefficient (Wildman–Crippen LogP) is 3.84. The minimum atomic E-state index is -0.483. The highest BCUT2D eigenvalue weighted by atomic mass is 16.5. The van der Waals surface area contributed by atoms with Crippen molar-refractivity contribution in [1.29, 1.82) is 0 Å². The number of pyridine rings is 2. The average molecular weight is 344 g/mol. The number of esters is 1. The summed E-state index contributed by atoms with van der Waals surface area (Å²) in [5.41, 5.74) is 4.52. The zero-order valence-corrected chi connectivity index (χ0v) is 14.4. The van der Waals surface area contributed by atoms with Gasteiger partial charge in [-0.1, -0.05) is 30.3 Å². The van der Waals surface area contributed by atoms with E-state index in [9.17, 15) is 9.59 Å². The number of fused-ring (bicyclic) bond motifs is 3. The standard InChI is InChI=1S/C21H16N2O3/c1-3-26-21(25)16-12(2)23-19-14-8-4-5-9-15(14)20(24)18(19)17(16)13-7-6-10-22-11-13/h4-11H,3H2,1-2H3. The molecule has 2 aromatic heterocycles. The number of rotatable bonds is 3. The van der Waals surface area contributed by atoms with E-state index in [0.717, 1.165) is 5.56 Å². The molecular formula is C21H16N2O3. The Labute approximate surface area is 150 Å². The number of hydrogen-bond acceptors (Lipinski definition) is 5. The fourth-order valence-electron chi connectivity index (χ4n) is 3.39. The number of benzene rings is 1. The van der Waals surface area contributed by atoms with E-state index in [1.807, 2.05) is 24.3 Å². The van der Waals surface area contributed by atoms with Gasteiger partial charge in [-0.25, -0.2) is 4.79 Å². The van der Waals surface area contributed by atoms with Gasteiger partial charge in [-0.2, -0.15) is 0 Å². The normalized spacial score (nSPS) is 11.8. The molecule has 2 heterocycles. The molecule has 3 aromatic rings. The van der Waals surface area contributed by atoms with Gasteiger partial charge in [0.05, 0.1) is 29.1 Å². The quantitative estimate of drug-likeness (QED) is 0.528. The summed E-state index contributed by atoms with van der Waals surface area (Å²) in [6.07, 6.45) is 3.30. The Morgan fingerprint density at radius 1 is 1.08 bits per heavy atom. The fraction of sp³-hybridized carbons (Fsp3) is 0.143. The highest BCUT2D eigenvalue weighted by molar-refractivity contribution is 6.25. The molecule has 0 N–H and O–H groups in total. The van der Waals surface area contributed by atoms with Crippen molar-refractivity contribution in [3.63, 3.8) is 0 Å². The molecule has 0 radical (unpaired) electrons. The molecule has 5 heteroatoms. The molecule has 0 atom stereocenters. The first kappa shape index (κ1) is 16.1. The van der Waals surface area contributed by atoms with Crippen LogP contribution in [0, 0.1) is 6.92 Å². The van der Waals surface area contributed by atoms with Gasteiger partial charge in [-0.05, 0) is 19.9 Å². The highest BCUT2D eigenvalue weighted by Crippen LogP contribution is 2.42. The average Bonchev–Trinajstić information content (AvgIpc) is 2.94. The van der Waals surface area contributed by atoms with E-state index in [0.29, 0.717) is 39.2 Å². The Morgan fingerprint density at radius 2 is 1.85 bits per heavy atom. The van der Waals surface area contributed by atoms with Crippen LogP contribution in [0.3, 0.4) is 0 Å². The van der Waals surface area contributed by atoms with Gasteiger partial charge >= 0.3 is 5.97 Å². The molecule has 0 bridgehead atoms. The Bertz CT molecular complexity index is 1040. The minimum Gasteiger partial charge on any atom is -0.462 e. The van der Waals surface area contributed by atoms with E-state index in [4.69, 9.17) is 4.74 Å². The van der Waals surface area contributed by atoms with E-state index in [-0.39, 0.29) is 12.4 Å². The van der Waals surface area contributed by atoms with Gasteiger partial charge in [0.25, 0.3) is 0 Å². The number of aryl methyl sites for hydroxylation is 1. The number of carbonyl (C=O) groups excluding carboxylic acids is 2. The van der Waals surface area contributed by atoms with Gasteiger partial charge in [-0.3, -0.25) is 14.8 Å². The lowest BCUT2D eigenvalue weighted by Crippen LogP contribution is -2.13. The molecule has 0 saturated carbocycles. The number of ether oxygens (including phenoxy) is 1. The molecule has 4 rings (SSSR count). The van der Waals surface area contributed by atoms with Crippen LogP contribution in [0.1, 0.15) is 38.9 Å². The molecule has 0 fully saturated rings. The molecule has 1 aliphatic carbocycles. The van der Waals surface area contributed by atoms with Gasteiger partial charge in [0, 0.05) is 34.6 Å². The molecular weight excluding hydrogens is 328 g/mol. The summed E-state index contributed by atoms with van der Waals surface area (Å²) in [6.45, 7) is 3.76. The van der Waals surface area contributed by atoms with Crippen LogP contribution in [0.5, 0.6) is 0 Å². The zero-order valence-electron chi connectivity index (χ0n) is 14.4. The first-order valence-corrected chi connectivity index (χ1v) is 8.39. The van der Waals surface area contributed by atoms with Crippen molar-refractivity contribution in [2.75, 3.05) is 6.61 Å². The van der Waals surface area contributed by atoms with E-state index < -0.39 is 5.97 Å². The summed E-state index contributed by atoms with van der Waals surface area (Å²) >= 11 is 0. The topological polar surface area (TPSA) is 69.2 Å². The lowest BCUT2D eigenvalue weighted by Gasteiger charge is -2.15. The van der Waals surface area contributed by atoms with Crippen molar-refractivity contribution in [2.24, 2.45) is 0 Å². The molecule has 0 spiro atoms. The maximum absolute atomic E-state index is 13.1. The molecule has 1 aliphatic rings. The second-order valence-electron chi connectivity index (χ2n) is 6.01.